The zero-order valence-electron chi connectivity index (χ0n) is 17.7. The quantitative estimate of drug-likeness (QED) is 0.681. The third-order valence-electron chi connectivity index (χ3n) is 6.17. The second-order valence-corrected chi connectivity index (χ2v) is 8.37. The van der Waals surface area contributed by atoms with Gasteiger partial charge >= 0.3 is 0 Å². The van der Waals surface area contributed by atoms with Crippen LogP contribution in [0.5, 0.6) is 0 Å². The molecule has 0 bridgehead atoms. The SMILES string of the molecule is Cc1ccc(CN2CCC3(CC2)O[C@H](C(=O)NCc2cccnc2)Cn2ccnc23)o1. The lowest BCUT2D eigenvalue weighted by molar-refractivity contribution is -0.174. The average Bonchev–Trinajstić information content (AvgIpc) is 3.44. The number of nitrogens with one attached hydrogen (secondary N) is 1. The molecule has 1 atom stereocenters. The number of hydrogen-bond donors (Lipinski definition) is 1. The largest absolute Gasteiger partial charge is 0.465 e. The standard InChI is InChI=1S/C23H27N5O3/c1-17-4-5-19(30-17)15-27-10-6-23(7-11-27)22-25-9-12-28(22)16-20(31-23)21(29)26-14-18-3-2-8-24-13-18/h2-5,8-9,12-13,20H,6-7,10-11,14-16H2,1H3,(H,26,29)/t20-/m0/s1. The number of imidazole rings is 1. The highest BCUT2D eigenvalue weighted by atomic mass is 16.5. The second kappa shape index (κ2) is 8.28. The molecule has 1 fully saturated rings. The Balaban J connectivity index is 1.26. The molecule has 0 saturated carbocycles. The molecule has 5 rings (SSSR count). The Hall–Kier alpha value is -2.97. The van der Waals surface area contributed by atoms with Gasteiger partial charge in [-0.05, 0) is 43.5 Å². The van der Waals surface area contributed by atoms with Crippen molar-refractivity contribution in [2.45, 2.75) is 51.1 Å². The number of carbonyl (C=O) groups excluding carboxylic acids is 1. The van der Waals surface area contributed by atoms with Crippen LogP contribution in [0.25, 0.3) is 0 Å². The minimum absolute atomic E-state index is 0.101. The summed E-state index contributed by atoms with van der Waals surface area (Å²) < 4.78 is 14.3. The highest BCUT2D eigenvalue weighted by molar-refractivity contribution is 5.80. The van der Waals surface area contributed by atoms with Crippen LogP contribution in [0.3, 0.4) is 0 Å². The van der Waals surface area contributed by atoms with Gasteiger partial charge < -0.3 is 19.0 Å². The molecule has 0 aromatic carbocycles. The molecule has 162 valence electrons. The molecule has 2 aliphatic heterocycles. The van der Waals surface area contributed by atoms with Gasteiger partial charge in [0.1, 0.15) is 22.9 Å². The summed E-state index contributed by atoms with van der Waals surface area (Å²) >= 11 is 0. The predicted octanol–water partition coefficient (Wildman–Crippen LogP) is 2.39. The van der Waals surface area contributed by atoms with E-state index in [4.69, 9.17) is 9.15 Å². The summed E-state index contributed by atoms with van der Waals surface area (Å²) in [6.07, 6.45) is 8.25. The summed E-state index contributed by atoms with van der Waals surface area (Å²) in [5.74, 6) is 2.74. The monoisotopic (exact) mass is 421 g/mol. The van der Waals surface area contributed by atoms with Gasteiger partial charge in [0.25, 0.3) is 5.91 Å². The van der Waals surface area contributed by atoms with E-state index < -0.39 is 11.7 Å². The maximum absolute atomic E-state index is 12.9. The Morgan fingerprint density at radius 2 is 2.13 bits per heavy atom. The summed E-state index contributed by atoms with van der Waals surface area (Å²) in [5.41, 5.74) is 0.430. The van der Waals surface area contributed by atoms with E-state index in [1.165, 1.54) is 0 Å². The van der Waals surface area contributed by atoms with Gasteiger partial charge in [-0.3, -0.25) is 14.7 Å². The normalized spacial score (nSPS) is 20.5. The molecule has 1 N–H and O–H groups in total. The first kappa shape index (κ1) is 20.0. The van der Waals surface area contributed by atoms with Gasteiger partial charge in [-0.25, -0.2) is 4.98 Å². The molecule has 0 aliphatic carbocycles. The molecule has 1 amide bonds. The molecular formula is C23H27N5O3. The summed E-state index contributed by atoms with van der Waals surface area (Å²) in [7, 11) is 0. The first-order valence-electron chi connectivity index (χ1n) is 10.7. The molecule has 5 heterocycles. The zero-order valence-corrected chi connectivity index (χ0v) is 17.7. The lowest BCUT2D eigenvalue weighted by Gasteiger charge is -2.45. The number of piperidine rings is 1. The molecule has 8 heteroatoms. The van der Waals surface area contributed by atoms with Crippen molar-refractivity contribution in [3.05, 3.63) is 72.0 Å². The van der Waals surface area contributed by atoms with Crippen molar-refractivity contribution in [1.82, 2.24) is 24.8 Å². The second-order valence-electron chi connectivity index (χ2n) is 8.37. The maximum atomic E-state index is 12.9. The molecule has 1 spiro atoms. The number of aromatic nitrogens is 3. The number of fused-ring (bicyclic) bond motifs is 2. The van der Waals surface area contributed by atoms with Crippen LogP contribution in [0.1, 0.15) is 35.7 Å². The average molecular weight is 422 g/mol. The Morgan fingerprint density at radius 1 is 1.26 bits per heavy atom. The summed E-state index contributed by atoms with van der Waals surface area (Å²) in [6, 6.07) is 7.84. The maximum Gasteiger partial charge on any atom is 0.251 e. The van der Waals surface area contributed by atoms with Crippen molar-refractivity contribution in [2.75, 3.05) is 13.1 Å². The summed E-state index contributed by atoms with van der Waals surface area (Å²) in [4.78, 5) is 24.0. The fraction of sp³-hybridized carbons (Fsp3) is 0.435. The van der Waals surface area contributed by atoms with E-state index in [0.29, 0.717) is 13.1 Å². The van der Waals surface area contributed by atoms with Gasteiger partial charge in [-0.1, -0.05) is 6.07 Å². The summed E-state index contributed by atoms with van der Waals surface area (Å²) in [6.45, 7) is 5.38. The number of carbonyl (C=O) groups is 1. The van der Waals surface area contributed by atoms with E-state index >= 15 is 0 Å². The molecule has 3 aromatic heterocycles. The zero-order chi connectivity index (χ0) is 21.3. The van der Waals surface area contributed by atoms with Crippen molar-refractivity contribution >= 4 is 5.91 Å². The van der Waals surface area contributed by atoms with Crippen molar-refractivity contribution in [2.24, 2.45) is 0 Å². The van der Waals surface area contributed by atoms with Crippen molar-refractivity contribution < 1.29 is 13.9 Å². The number of hydrogen-bond acceptors (Lipinski definition) is 6. The van der Waals surface area contributed by atoms with Crippen molar-refractivity contribution in [3.8, 4) is 0 Å². The number of likely N-dealkylation sites (tertiary alicyclic amines) is 1. The van der Waals surface area contributed by atoms with Gasteiger partial charge in [-0.2, -0.15) is 0 Å². The Morgan fingerprint density at radius 3 is 2.87 bits per heavy atom. The lowest BCUT2D eigenvalue weighted by Crippen LogP contribution is -2.53. The third-order valence-corrected chi connectivity index (χ3v) is 6.17. The Labute approximate surface area is 181 Å². The smallest absolute Gasteiger partial charge is 0.251 e. The fourth-order valence-electron chi connectivity index (χ4n) is 4.54. The molecule has 0 radical (unpaired) electrons. The summed E-state index contributed by atoms with van der Waals surface area (Å²) in [5, 5.41) is 3.00. The van der Waals surface area contributed by atoms with Gasteiger partial charge in [0.2, 0.25) is 0 Å². The van der Waals surface area contributed by atoms with Crippen LogP contribution < -0.4 is 5.32 Å². The number of aryl methyl sites for hydroxylation is 1. The van der Waals surface area contributed by atoms with Crippen LogP contribution in [-0.2, 0) is 34.8 Å². The van der Waals surface area contributed by atoms with Gasteiger partial charge in [0.15, 0.2) is 6.10 Å². The van der Waals surface area contributed by atoms with E-state index in [1.807, 2.05) is 37.4 Å². The van der Waals surface area contributed by atoms with Crippen LogP contribution in [0.4, 0.5) is 0 Å². The van der Waals surface area contributed by atoms with Crippen molar-refractivity contribution in [3.63, 3.8) is 0 Å². The van der Waals surface area contributed by atoms with Gasteiger partial charge in [0, 0.05) is 44.4 Å². The minimum Gasteiger partial charge on any atom is -0.465 e. The van der Waals surface area contributed by atoms with Crippen LogP contribution >= 0.6 is 0 Å². The number of pyridine rings is 1. The number of ether oxygens (including phenoxy) is 1. The first-order chi connectivity index (χ1) is 15.1. The van der Waals surface area contributed by atoms with Crippen molar-refractivity contribution in [1.29, 1.82) is 0 Å². The van der Waals surface area contributed by atoms with Crippen LogP contribution in [0.15, 0.2) is 53.5 Å². The van der Waals surface area contributed by atoms with Gasteiger partial charge in [0.05, 0.1) is 13.1 Å². The fourth-order valence-corrected chi connectivity index (χ4v) is 4.54. The molecule has 0 unspecified atom stereocenters. The molecule has 31 heavy (non-hydrogen) atoms. The highest BCUT2D eigenvalue weighted by Gasteiger charge is 2.47. The van der Waals surface area contributed by atoms with E-state index in [0.717, 1.165) is 55.4 Å². The molecule has 3 aromatic rings. The van der Waals surface area contributed by atoms with E-state index in [-0.39, 0.29) is 5.91 Å². The molecule has 2 aliphatic rings. The van der Waals surface area contributed by atoms with E-state index in [2.05, 4.69) is 24.8 Å². The number of nitrogens with zero attached hydrogens (tertiary/aromatic N) is 4. The van der Waals surface area contributed by atoms with Gasteiger partial charge in [-0.15, -0.1) is 0 Å². The van der Waals surface area contributed by atoms with Crippen LogP contribution in [0.2, 0.25) is 0 Å². The predicted molar refractivity (Wildman–Crippen MR) is 113 cm³/mol. The molecule has 1 saturated heterocycles. The Bertz CT molecular complexity index is 1040. The number of rotatable bonds is 5. The number of amides is 1. The highest BCUT2D eigenvalue weighted by Crippen LogP contribution is 2.40. The minimum atomic E-state index is -0.544. The topological polar surface area (TPSA) is 85.4 Å². The van der Waals surface area contributed by atoms with E-state index in [1.54, 1.807) is 18.6 Å². The third kappa shape index (κ3) is 4.13. The van der Waals surface area contributed by atoms with Crippen LogP contribution in [0, 0.1) is 6.92 Å². The lowest BCUT2D eigenvalue weighted by atomic mass is 9.88. The Kier molecular flexibility index (Phi) is 5.33. The molecular weight excluding hydrogens is 394 g/mol. The molecule has 8 nitrogen and oxygen atoms in total. The van der Waals surface area contributed by atoms with Crippen LogP contribution in [-0.4, -0.2) is 44.5 Å². The first-order valence-corrected chi connectivity index (χ1v) is 10.7. The van der Waals surface area contributed by atoms with E-state index in [9.17, 15) is 4.79 Å². The number of furan rings is 1.